The summed E-state index contributed by atoms with van der Waals surface area (Å²) in [7, 11) is 1.87. The number of halogens is 1. The van der Waals surface area contributed by atoms with E-state index < -0.39 is 0 Å². The third-order valence-corrected chi connectivity index (χ3v) is 3.33. The second-order valence-corrected chi connectivity index (χ2v) is 4.55. The largest absolute Gasteiger partial charge is 0.313 e. The maximum atomic E-state index is 13.6. The Hall–Kier alpha value is -1.75. The van der Waals surface area contributed by atoms with Crippen LogP contribution in [0.5, 0.6) is 0 Å². The SMILES string of the molecule is CCn1ncnc1CC(NC)c1ccc(C)c(F)c1. The highest BCUT2D eigenvalue weighted by Crippen LogP contribution is 2.19. The van der Waals surface area contributed by atoms with Crippen LogP contribution in [0.1, 0.15) is 29.9 Å². The summed E-state index contributed by atoms with van der Waals surface area (Å²) in [6.45, 7) is 4.58. The minimum Gasteiger partial charge on any atom is -0.313 e. The van der Waals surface area contributed by atoms with E-state index in [1.165, 1.54) is 0 Å². The Labute approximate surface area is 112 Å². The van der Waals surface area contributed by atoms with Crippen LogP contribution in [0.3, 0.4) is 0 Å². The number of nitrogens with one attached hydrogen (secondary N) is 1. The minimum atomic E-state index is -0.172. The lowest BCUT2D eigenvalue weighted by atomic mass is 10.0. The maximum absolute atomic E-state index is 13.6. The fourth-order valence-corrected chi connectivity index (χ4v) is 2.11. The van der Waals surface area contributed by atoms with Crippen LogP contribution in [0.2, 0.25) is 0 Å². The zero-order valence-electron chi connectivity index (χ0n) is 11.5. The van der Waals surface area contributed by atoms with Gasteiger partial charge in [0, 0.05) is 19.0 Å². The molecule has 0 fully saturated rings. The van der Waals surface area contributed by atoms with Gasteiger partial charge in [-0.2, -0.15) is 5.10 Å². The van der Waals surface area contributed by atoms with Gasteiger partial charge in [0.1, 0.15) is 18.0 Å². The standard InChI is InChI=1S/C14H19FN4/c1-4-19-14(17-9-18-19)8-13(16-3)11-6-5-10(2)12(15)7-11/h5-7,9,13,16H,4,8H2,1-3H3. The molecule has 1 N–H and O–H groups in total. The summed E-state index contributed by atoms with van der Waals surface area (Å²) in [6.07, 6.45) is 2.24. The minimum absolute atomic E-state index is 0.0320. The zero-order chi connectivity index (χ0) is 13.8. The van der Waals surface area contributed by atoms with E-state index in [0.29, 0.717) is 12.0 Å². The predicted octanol–water partition coefficient (Wildman–Crippen LogP) is 2.25. The van der Waals surface area contributed by atoms with Crippen molar-refractivity contribution in [3.63, 3.8) is 0 Å². The topological polar surface area (TPSA) is 42.7 Å². The summed E-state index contributed by atoms with van der Waals surface area (Å²) in [5.74, 6) is 0.734. The van der Waals surface area contributed by atoms with Gasteiger partial charge < -0.3 is 5.32 Å². The summed E-state index contributed by atoms with van der Waals surface area (Å²) in [5.41, 5.74) is 1.59. The molecule has 2 rings (SSSR count). The van der Waals surface area contributed by atoms with Crippen molar-refractivity contribution in [3.8, 4) is 0 Å². The molecule has 102 valence electrons. The Balaban J connectivity index is 2.22. The highest BCUT2D eigenvalue weighted by Gasteiger charge is 2.15. The third kappa shape index (κ3) is 2.98. The van der Waals surface area contributed by atoms with Crippen LogP contribution < -0.4 is 5.32 Å². The lowest BCUT2D eigenvalue weighted by Gasteiger charge is -2.17. The normalized spacial score (nSPS) is 12.6. The molecule has 2 aromatic rings. The molecular formula is C14H19FN4. The number of aryl methyl sites for hydroxylation is 2. The summed E-state index contributed by atoms with van der Waals surface area (Å²) in [5, 5.41) is 7.36. The van der Waals surface area contributed by atoms with Crippen LogP contribution in [0.25, 0.3) is 0 Å². The number of benzene rings is 1. The molecule has 1 heterocycles. The molecule has 0 aliphatic carbocycles. The molecule has 1 atom stereocenters. The van der Waals surface area contributed by atoms with E-state index in [1.807, 2.05) is 24.7 Å². The fourth-order valence-electron chi connectivity index (χ4n) is 2.11. The van der Waals surface area contributed by atoms with Crippen LogP contribution in [-0.4, -0.2) is 21.8 Å². The molecule has 1 aromatic heterocycles. The third-order valence-electron chi connectivity index (χ3n) is 3.33. The Morgan fingerprint density at radius 2 is 2.21 bits per heavy atom. The van der Waals surface area contributed by atoms with Crippen molar-refractivity contribution >= 4 is 0 Å². The number of rotatable bonds is 5. The first kappa shape index (κ1) is 13.7. The Kier molecular flexibility index (Phi) is 4.27. The first-order chi connectivity index (χ1) is 9.15. The van der Waals surface area contributed by atoms with Crippen LogP contribution in [-0.2, 0) is 13.0 Å². The molecule has 4 nitrogen and oxygen atoms in total. The lowest BCUT2D eigenvalue weighted by Crippen LogP contribution is -2.21. The van der Waals surface area contributed by atoms with Crippen molar-refractivity contribution < 1.29 is 4.39 Å². The van der Waals surface area contributed by atoms with Crippen molar-refractivity contribution in [2.45, 2.75) is 32.9 Å². The van der Waals surface area contributed by atoms with Crippen LogP contribution in [0, 0.1) is 12.7 Å². The van der Waals surface area contributed by atoms with E-state index in [0.717, 1.165) is 17.9 Å². The van der Waals surface area contributed by atoms with Gasteiger partial charge >= 0.3 is 0 Å². The first-order valence-electron chi connectivity index (χ1n) is 6.45. The summed E-state index contributed by atoms with van der Waals surface area (Å²) >= 11 is 0. The molecule has 1 aromatic carbocycles. The number of nitrogens with zero attached hydrogens (tertiary/aromatic N) is 3. The van der Waals surface area contributed by atoms with Gasteiger partial charge in [-0.25, -0.2) is 9.37 Å². The molecular weight excluding hydrogens is 243 g/mol. The van der Waals surface area contributed by atoms with E-state index in [4.69, 9.17) is 0 Å². The molecule has 0 saturated carbocycles. The predicted molar refractivity (Wildman–Crippen MR) is 72.3 cm³/mol. The molecule has 0 radical (unpaired) electrons. The summed E-state index contributed by atoms with van der Waals surface area (Å²) in [4.78, 5) is 4.26. The van der Waals surface area contributed by atoms with Gasteiger partial charge in [-0.1, -0.05) is 12.1 Å². The molecule has 0 aliphatic heterocycles. The summed E-state index contributed by atoms with van der Waals surface area (Å²) in [6, 6.07) is 5.37. The van der Waals surface area contributed by atoms with Crippen molar-refractivity contribution in [1.29, 1.82) is 0 Å². The second kappa shape index (κ2) is 5.93. The Morgan fingerprint density at radius 3 is 2.84 bits per heavy atom. The fraction of sp³-hybridized carbons (Fsp3) is 0.429. The highest BCUT2D eigenvalue weighted by atomic mass is 19.1. The maximum Gasteiger partial charge on any atom is 0.138 e. The van der Waals surface area contributed by atoms with Gasteiger partial charge in [-0.3, -0.25) is 4.68 Å². The Morgan fingerprint density at radius 1 is 1.42 bits per heavy atom. The average molecular weight is 262 g/mol. The average Bonchev–Trinajstić information content (AvgIpc) is 2.86. The monoisotopic (exact) mass is 262 g/mol. The molecule has 0 saturated heterocycles. The number of hydrogen-bond acceptors (Lipinski definition) is 3. The van der Waals surface area contributed by atoms with E-state index in [-0.39, 0.29) is 11.9 Å². The molecule has 0 bridgehead atoms. The van der Waals surface area contributed by atoms with E-state index in [2.05, 4.69) is 15.4 Å². The van der Waals surface area contributed by atoms with Gasteiger partial charge in [0.15, 0.2) is 0 Å². The van der Waals surface area contributed by atoms with Crippen LogP contribution >= 0.6 is 0 Å². The van der Waals surface area contributed by atoms with E-state index >= 15 is 0 Å². The van der Waals surface area contributed by atoms with Crippen LogP contribution in [0.15, 0.2) is 24.5 Å². The van der Waals surface area contributed by atoms with Gasteiger partial charge in [0.05, 0.1) is 0 Å². The van der Waals surface area contributed by atoms with Gasteiger partial charge in [-0.15, -0.1) is 0 Å². The van der Waals surface area contributed by atoms with Crippen molar-refractivity contribution in [1.82, 2.24) is 20.1 Å². The van der Waals surface area contributed by atoms with E-state index in [1.54, 1.807) is 25.4 Å². The molecule has 0 spiro atoms. The van der Waals surface area contributed by atoms with Crippen molar-refractivity contribution in [3.05, 3.63) is 47.3 Å². The highest BCUT2D eigenvalue weighted by molar-refractivity contribution is 5.26. The quantitative estimate of drug-likeness (QED) is 0.898. The first-order valence-corrected chi connectivity index (χ1v) is 6.45. The number of likely N-dealkylation sites (N-methyl/N-ethyl adjacent to an activating group) is 1. The molecule has 19 heavy (non-hydrogen) atoms. The molecule has 1 unspecified atom stereocenters. The Bertz CT molecular complexity index is 550. The number of hydrogen-bond donors (Lipinski definition) is 1. The number of aromatic nitrogens is 3. The summed E-state index contributed by atoms with van der Waals surface area (Å²) < 4.78 is 15.5. The second-order valence-electron chi connectivity index (χ2n) is 4.55. The smallest absolute Gasteiger partial charge is 0.138 e. The van der Waals surface area contributed by atoms with Gasteiger partial charge in [-0.05, 0) is 38.1 Å². The molecule has 0 aliphatic rings. The molecule has 5 heteroatoms. The molecule has 0 amide bonds. The van der Waals surface area contributed by atoms with Crippen LogP contribution in [0.4, 0.5) is 4.39 Å². The zero-order valence-corrected chi connectivity index (χ0v) is 11.5. The lowest BCUT2D eigenvalue weighted by molar-refractivity contribution is 0.529. The van der Waals surface area contributed by atoms with Crippen molar-refractivity contribution in [2.24, 2.45) is 0 Å². The van der Waals surface area contributed by atoms with Gasteiger partial charge in [0.25, 0.3) is 0 Å². The van der Waals surface area contributed by atoms with Crippen molar-refractivity contribution in [2.75, 3.05) is 7.05 Å². The van der Waals surface area contributed by atoms with Gasteiger partial charge in [0.2, 0.25) is 0 Å². The van der Waals surface area contributed by atoms with E-state index in [9.17, 15) is 4.39 Å².